The first-order valence-corrected chi connectivity index (χ1v) is 6.44. The lowest BCUT2D eigenvalue weighted by atomic mass is 10.0. The Kier molecular flexibility index (Phi) is 4.42. The minimum Gasteiger partial charge on any atom is -0.378 e. The zero-order chi connectivity index (χ0) is 10.5. The van der Waals surface area contributed by atoms with Gasteiger partial charge in [0.25, 0.3) is 0 Å². The van der Waals surface area contributed by atoms with Crippen LogP contribution in [0, 0.1) is 0 Å². The van der Waals surface area contributed by atoms with Crippen molar-refractivity contribution < 1.29 is 4.74 Å². The van der Waals surface area contributed by atoms with Crippen molar-refractivity contribution in [3.63, 3.8) is 0 Å². The Labute approximate surface area is 93.0 Å². The Balaban J connectivity index is 1.63. The van der Waals surface area contributed by atoms with E-state index in [0.717, 1.165) is 13.2 Å². The van der Waals surface area contributed by atoms with E-state index in [-0.39, 0.29) is 0 Å². The lowest BCUT2D eigenvalue weighted by Crippen LogP contribution is -2.43. The number of nitrogens with zero attached hydrogens (tertiary/aromatic N) is 1. The smallest absolute Gasteiger partial charge is 0.0587 e. The van der Waals surface area contributed by atoms with Crippen LogP contribution in [0.1, 0.15) is 38.5 Å². The Morgan fingerprint density at radius 1 is 1.20 bits per heavy atom. The summed E-state index contributed by atoms with van der Waals surface area (Å²) in [6.45, 7) is 4.48. The van der Waals surface area contributed by atoms with Gasteiger partial charge in [-0.05, 0) is 45.1 Å². The van der Waals surface area contributed by atoms with Crippen molar-refractivity contribution >= 4 is 0 Å². The van der Waals surface area contributed by atoms with E-state index in [2.05, 4.69) is 4.90 Å². The molecule has 3 heteroatoms. The molecule has 2 rings (SSSR count). The van der Waals surface area contributed by atoms with Gasteiger partial charge in [-0.1, -0.05) is 0 Å². The van der Waals surface area contributed by atoms with Crippen molar-refractivity contribution in [1.29, 1.82) is 0 Å². The predicted octanol–water partition coefficient (Wildman–Crippen LogP) is 1.37. The molecule has 0 bridgehead atoms. The average Bonchev–Trinajstić information content (AvgIpc) is 2.28. The van der Waals surface area contributed by atoms with E-state index < -0.39 is 0 Å². The van der Waals surface area contributed by atoms with Gasteiger partial charge < -0.3 is 15.4 Å². The van der Waals surface area contributed by atoms with Crippen LogP contribution in [0.5, 0.6) is 0 Å². The number of likely N-dealkylation sites (tertiary alicyclic amines) is 1. The zero-order valence-electron chi connectivity index (χ0n) is 9.66. The van der Waals surface area contributed by atoms with Crippen molar-refractivity contribution in [2.75, 3.05) is 26.2 Å². The molecule has 0 amide bonds. The molecule has 2 atom stereocenters. The first-order chi connectivity index (χ1) is 7.34. The normalized spacial score (nSPS) is 34.2. The summed E-state index contributed by atoms with van der Waals surface area (Å²) >= 11 is 0. The molecule has 2 N–H and O–H groups in total. The van der Waals surface area contributed by atoms with Crippen LogP contribution in [0.2, 0.25) is 0 Å². The van der Waals surface area contributed by atoms with Gasteiger partial charge in [-0.2, -0.15) is 0 Å². The molecular weight excluding hydrogens is 188 g/mol. The van der Waals surface area contributed by atoms with Crippen molar-refractivity contribution in [3.05, 3.63) is 0 Å². The molecule has 2 aliphatic rings. The molecule has 0 saturated carbocycles. The Morgan fingerprint density at radius 3 is 2.87 bits per heavy atom. The summed E-state index contributed by atoms with van der Waals surface area (Å²) in [5.74, 6) is 0. The Hall–Kier alpha value is -0.120. The monoisotopic (exact) mass is 212 g/mol. The molecule has 0 aromatic rings. The summed E-state index contributed by atoms with van der Waals surface area (Å²) in [6.07, 6.45) is 8.07. The number of rotatable bonds is 3. The summed E-state index contributed by atoms with van der Waals surface area (Å²) in [6, 6.07) is 0.408. The molecule has 3 nitrogen and oxygen atoms in total. The summed E-state index contributed by atoms with van der Waals surface area (Å²) < 4.78 is 5.74. The summed E-state index contributed by atoms with van der Waals surface area (Å²) in [7, 11) is 0. The van der Waals surface area contributed by atoms with Crippen molar-refractivity contribution in [1.82, 2.24) is 4.90 Å². The van der Waals surface area contributed by atoms with Gasteiger partial charge in [-0.15, -0.1) is 0 Å². The molecule has 2 heterocycles. The van der Waals surface area contributed by atoms with Crippen molar-refractivity contribution in [2.24, 2.45) is 5.73 Å². The lowest BCUT2D eigenvalue weighted by molar-refractivity contribution is 0.00414. The molecule has 0 radical (unpaired) electrons. The van der Waals surface area contributed by atoms with Gasteiger partial charge in [0.05, 0.1) is 6.10 Å². The van der Waals surface area contributed by atoms with Crippen molar-refractivity contribution in [2.45, 2.75) is 50.7 Å². The van der Waals surface area contributed by atoms with E-state index in [1.807, 2.05) is 0 Å². The van der Waals surface area contributed by atoms with Crippen LogP contribution in [-0.2, 0) is 4.74 Å². The van der Waals surface area contributed by atoms with E-state index in [0.29, 0.717) is 12.1 Å². The highest BCUT2D eigenvalue weighted by Gasteiger charge is 2.19. The van der Waals surface area contributed by atoms with Crippen LogP contribution in [0.4, 0.5) is 0 Å². The third-order valence-electron chi connectivity index (χ3n) is 3.58. The molecule has 2 fully saturated rings. The second kappa shape index (κ2) is 5.83. The largest absolute Gasteiger partial charge is 0.378 e. The van der Waals surface area contributed by atoms with Crippen LogP contribution in [0.3, 0.4) is 0 Å². The predicted molar refractivity (Wildman–Crippen MR) is 61.9 cm³/mol. The standard InChI is InChI=1S/C12H24N2O/c13-11-4-3-7-14(10-11)8-6-12-5-1-2-9-15-12/h11-12H,1-10,13H2. The summed E-state index contributed by atoms with van der Waals surface area (Å²) in [4.78, 5) is 2.51. The number of nitrogens with two attached hydrogens (primary N) is 1. The molecule has 0 aromatic heterocycles. The molecule has 2 saturated heterocycles. The summed E-state index contributed by atoms with van der Waals surface area (Å²) in [5.41, 5.74) is 5.96. The average molecular weight is 212 g/mol. The zero-order valence-corrected chi connectivity index (χ0v) is 9.66. The van der Waals surface area contributed by atoms with E-state index in [4.69, 9.17) is 10.5 Å². The molecule has 0 aliphatic carbocycles. The highest BCUT2D eigenvalue weighted by atomic mass is 16.5. The van der Waals surface area contributed by atoms with Gasteiger partial charge in [-0.3, -0.25) is 0 Å². The number of ether oxygens (including phenoxy) is 1. The van der Waals surface area contributed by atoms with Crippen LogP contribution in [0.25, 0.3) is 0 Å². The highest BCUT2D eigenvalue weighted by molar-refractivity contribution is 4.76. The van der Waals surface area contributed by atoms with Gasteiger partial charge >= 0.3 is 0 Å². The minimum atomic E-state index is 0.408. The van der Waals surface area contributed by atoms with Gasteiger partial charge in [-0.25, -0.2) is 0 Å². The third-order valence-corrected chi connectivity index (χ3v) is 3.58. The van der Waals surface area contributed by atoms with Crippen LogP contribution >= 0.6 is 0 Å². The van der Waals surface area contributed by atoms with Gasteiger partial charge in [0.1, 0.15) is 0 Å². The number of piperidine rings is 1. The van der Waals surface area contributed by atoms with Crippen LogP contribution in [-0.4, -0.2) is 43.3 Å². The lowest BCUT2D eigenvalue weighted by Gasteiger charge is -2.32. The maximum Gasteiger partial charge on any atom is 0.0587 e. The Morgan fingerprint density at radius 2 is 2.13 bits per heavy atom. The van der Waals surface area contributed by atoms with Crippen LogP contribution < -0.4 is 5.73 Å². The van der Waals surface area contributed by atoms with E-state index in [9.17, 15) is 0 Å². The minimum absolute atomic E-state index is 0.408. The quantitative estimate of drug-likeness (QED) is 0.768. The van der Waals surface area contributed by atoms with Crippen LogP contribution in [0.15, 0.2) is 0 Å². The topological polar surface area (TPSA) is 38.5 Å². The van der Waals surface area contributed by atoms with E-state index >= 15 is 0 Å². The van der Waals surface area contributed by atoms with Crippen molar-refractivity contribution in [3.8, 4) is 0 Å². The molecule has 0 aromatic carbocycles. The van der Waals surface area contributed by atoms with E-state index in [1.165, 1.54) is 51.6 Å². The van der Waals surface area contributed by atoms with Gasteiger partial charge in [0.15, 0.2) is 0 Å². The maximum atomic E-state index is 5.96. The second-order valence-electron chi connectivity index (χ2n) is 4.98. The molecule has 88 valence electrons. The summed E-state index contributed by atoms with van der Waals surface area (Å²) in [5, 5.41) is 0. The molecule has 2 unspecified atom stereocenters. The molecule has 0 spiro atoms. The van der Waals surface area contributed by atoms with E-state index in [1.54, 1.807) is 0 Å². The number of hydrogen-bond donors (Lipinski definition) is 1. The first-order valence-electron chi connectivity index (χ1n) is 6.44. The highest BCUT2D eigenvalue weighted by Crippen LogP contribution is 2.17. The van der Waals surface area contributed by atoms with Gasteiger partial charge in [0.2, 0.25) is 0 Å². The fraction of sp³-hybridized carbons (Fsp3) is 1.00. The molecular formula is C12H24N2O. The third kappa shape index (κ3) is 3.74. The number of hydrogen-bond acceptors (Lipinski definition) is 3. The molecule has 15 heavy (non-hydrogen) atoms. The first kappa shape index (κ1) is 11.4. The Bertz CT molecular complexity index is 180. The molecule has 2 aliphatic heterocycles. The fourth-order valence-electron chi connectivity index (χ4n) is 2.66. The second-order valence-corrected chi connectivity index (χ2v) is 4.98. The van der Waals surface area contributed by atoms with Gasteiger partial charge in [0, 0.05) is 25.7 Å². The maximum absolute atomic E-state index is 5.96. The fourth-order valence-corrected chi connectivity index (χ4v) is 2.66. The SMILES string of the molecule is NC1CCCN(CCC2CCCCO2)C1.